The van der Waals surface area contributed by atoms with Crippen molar-refractivity contribution in [2.24, 2.45) is 11.7 Å². The molecule has 3 unspecified atom stereocenters. The molecule has 17 heavy (non-hydrogen) atoms. The molecule has 3 nitrogen and oxygen atoms in total. The summed E-state index contributed by atoms with van der Waals surface area (Å²) in [5.74, 6) is 0.905. The lowest BCUT2D eigenvalue weighted by Gasteiger charge is -2.47. The largest absolute Gasteiger partial charge is 0.508 e. The topological polar surface area (TPSA) is 49.5 Å². The molecule has 2 aliphatic rings. The van der Waals surface area contributed by atoms with Crippen molar-refractivity contribution < 1.29 is 5.11 Å². The van der Waals surface area contributed by atoms with E-state index >= 15 is 0 Å². The molecular weight excluding hydrogens is 212 g/mol. The van der Waals surface area contributed by atoms with E-state index in [1.54, 1.807) is 6.07 Å². The van der Waals surface area contributed by atoms with Crippen LogP contribution in [0.15, 0.2) is 18.2 Å². The van der Waals surface area contributed by atoms with E-state index in [9.17, 15) is 5.11 Å². The molecule has 0 radical (unpaired) electrons. The molecule has 1 saturated carbocycles. The summed E-state index contributed by atoms with van der Waals surface area (Å²) in [6, 6.07) is 6.26. The van der Waals surface area contributed by atoms with E-state index in [0.29, 0.717) is 17.7 Å². The Morgan fingerprint density at radius 3 is 2.88 bits per heavy atom. The van der Waals surface area contributed by atoms with Crippen molar-refractivity contribution in [3.8, 4) is 5.75 Å². The van der Waals surface area contributed by atoms with Gasteiger partial charge in [-0.2, -0.15) is 0 Å². The minimum absolute atomic E-state index is 0.132. The highest BCUT2D eigenvalue weighted by Gasteiger charge is 2.39. The summed E-state index contributed by atoms with van der Waals surface area (Å²) in [7, 11) is 2.13. The second kappa shape index (κ2) is 3.91. The van der Waals surface area contributed by atoms with Crippen LogP contribution in [0.25, 0.3) is 0 Å². The van der Waals surface area contributed by atoms with Crippen LogP contribution in [0.3, 0.4) is 0 Å². The zero-order valence-electron chi connectivity index (χ0n) is 10.3. The molecule has 1 fully saturated rings. The number of phenolic OH excluding ortho intramolecular Hbond substituents is 1. The Labute approximate surface area is 102 Å². The molecule has 0 spiro atoms. The standard InChI is InChI=1S/C14H20N2O/c1-16-12-5-3-2-4-10(12)14(15)11-7-6-9(17)8-13(11)16/h6-8,10,12,14,17H,2-5,15H2,1H3. The predicted molar refractivity (Wildman–Crippen MR) is 69.2 cm³/mol. The molecule has 0 saturated heterocycles. The summed E-state index contributed by atoms with van der Waals surface area (Å²) in [6.07, 6.45) is 5.06. The quantitative estimate of drug-likeness (QED) is 0.722. The minimum atomic E-state index is 0.132. The number of hydrogen-bond donors (Lipinski definition) is 2. The van der Waals surface area contributed by atoms with Crippen molar-refractivity contribution in [1.82, 2.24) is 0 Å². The van der Waals surface area contributed by atoms with E-state index in [0.717, 1.165) is 5.69 Å². The lowest BCUT2D eigenvalue weighted by Crippen LogP contribution is -2.48. The normalized spacial score (nSPS) is 31.9. The van der Waals surface area contributed by atoms with E-state index in [1.165, 1.54) is 31.2 Å². The Kier molecular flexibility index (Phi) is 2.51. The number of nitrogens with zero attached hydrogens (tertiary/aromatic N) is 1. The number of hydrogen-bond acceptors (Lipinski definition) is 3. The molecule has 0 aromatic heterocycles. The zero-order chi connectivity index (χ0) is 12.0. The lowest BCUT2D eigenvalue weighted by atomic mass is 9.74. The summed E-state index contributed by atoms with van der Waals surface area (Å²) in [5.41, 5.74) is 8.71. The third-order valence-corrected chi connectivity index (χ3v) is 4.49. The van der Waals surface area contributed by atoms with Crippen LogP contribution in [0, 0.1) is 5.92 Å². The van der Waals surface area contributed by atoms with Crippen LogP contribution < -0.4 is 10.6 Å². The van der Waals surface area contributed by atoms with Crippen LogP contribution in [-0.2, 0) is 0 Å². The zero-order valence-corrected chi connectivity index (χ0v) is 10.3. The highest BCUT2D eigenvalue weighted by Crippen LogP contribution is 2.45. The van der Waals surface area contributed by atoms with Crippen molar-refractivity contribution in [3.05, 3.63) is 23.8 Å². The maximum atomic E-state index is 9.62. The van der Waals surface area contributed by atoms with Gasteiger partial charge in [0.15, 0.2) is 0 Å². The molecule has 1 heterocycles. The van der Waals surface area contributed by atoms with Gasteiger partial charge in [0.2, 0.25) is 0 Å². The van der Waals surface area contributed by atoms with Crippen molar-refractivity contribution in [1.29, 1.82) is 0 Å². The molecule has 1 aromatic rings. The van der Waals surface area contributed by atoms with Gasteiger partial charge in [-0.1, -0.05) is 18.9 Å². The highest BCUT2D eigenvalue weighted by molar-refractivity contribution is 5.60. The maximum Gasteiger partial charge on any atom is 0.117 e. The van der Waals surface area contributed by atoms with Gasteiger partial charge in [-0.15, -0.1) is 0 Å². The van der Waals surface area contributed by atoms with Crippen molar-refractivity contribution in [3.63, 3.8) is 0 Å². The van der Waals surface area contributed by atoms with Gasteiger partial charge in [0.25, 0.3) is 0 Å². The maximum absolute atomic E-state index is 9.62. The average Bonchev–Trinajstić information content (AvgIpc) is 2.36. The predicted octanol–water partition coefficient (Wildman–Crippen LogP) is 2.40. The van der Waals surface area contributed by atoms with Gasteiger partial charge in [0.05, 0.1) is 0 Å². The number of rotatable bonds is 0. The van der Waals surface area contributed by atoms with Crippen LogP contribution >= 0.6 is 0 Å². The molecule has 1 aliphatic carbocycles. The number of phenols is 1. The van der Waals surface area contributed by atoms with Crippen LogP contribution in [0.5, 0.6) is 5.75 Å². The first kappa shape index (κ1) is 10.9. The number of nitrogens with two attached hydrogens (primary N) is 1. The second-order valence-electron chi connectivity index (χ2n) is 5.40. The first-order chi connectivity index (χ1) is 8.18. The summed E-state index contributed by atoms with van der Waals surface area (Å²) < 4.78 is 0. The van der Waals surface area contributed by atoms with Crippen LogP contribution in [-0.4, -0.2) is 18.2 Å². The fourth-order valence-electron chi connectivity index (χ4n) is 3.57. The fraction of sp³-hybridized carbons (Fsp3) is 0.571. The van der Waals surface area contributed by atoms with Gasteiger partial charge in [-0.3, -0.25) is 0 Å². The third kappa shape index (κ3) is 1.61. The van der Waals surface area contributed by atoms with E-state index in [2.05, 4.69) is 11.9 Å². The third-order valence-electron chi connectivity index (χ3n) is 4.49. The molecule has 3 N–H and O–H groups in total. The Morgan fingerprint density at radius 1 is 1.29 bits per heavy atom. The van der Waals surface area contributed by atoms with Crippen molar-refractivity contribution in [2.75, 3.05) is 11.9 Å². The van der Waals surface area contributed by atoms with Gasteiger partial charge < -0.3 is 15.7 Å². The molecule has 0 amide bonds. The Bertz CT molecular complexity index is 432. The summed E-state index contributed by atoms with van der Waals surface area (Å²) in [5, 5.41) is 9.62. The fourth-order valence-corrected chi connectivity index (χ4v) is 3.57. The van der Waals surface area contributed by atoms with Gasteiger partial charge in [-0.25, -0.2) is 0 Å². The van der Waals surface area contributed by atoms with Crippen LogP contribution in [0.1, 0.15) is 37.3 Å². The number of fused-ring (bicyclic) bond motifs is 2. The SMILES string of the molecule is CN1c2cc(O)ccc2C(N)C2CCCCC21. The number of benzene rings is 1. The van der Waals surface area contributed by atoms with E-state index in [1.807, 2.05) is 12.1 Å². The summed E-state index contributed by atoms with van der Waals surface area (Å²) in [4.78, 5) is 2.32. The Morgan fingerprint density at radius 2 is 2.06 bits per heavy atom. The molecule has 3 rings (SSSR count). The molecule has 1 aliphatic heterocycles. The Hall–Kier alpha value is -1.22. The molecule has 92 valence electrons. The van der Waals surface area contributed by atoms with Crippen LogP contribution in [0.2, 0.25) is 0 Å². The second-order valence-corrected chi connectivity index (χ2v) is 5.40. The minimum Gasteiger partial charge on any atom is -0.508 e. The van der Waals surface area contributed by atoms with E-state index in [4.69, 9.17) is 5.73 Å². The summed E-state index contributed by atoms with van der Waals surface area (Å²) in [6.45, 7) is 0. The highest BCUT2D eigenvalue weighted by atomic mass is 16.3. The van der Waals surface area contributed by atoms with Crippen LogP contribution in [0.4, 0.5) is 5.69 Å². The lowest BCUT2D eigenvalue weighted by molar-refractivity contribution is 0.246. The van der Waals surface area contributed by atoms with Gasteiger partial charge in [0.1, 0.15) is 5.75 Å². The first-order valence-corrected chi connectivity index (χ1v) is 6.50. The van der Waals surface area contributed by atoms with Gasteiger partial charge in [-0.05, 0) is 30.4 Å². The molecule has 3 atom stereocenters. The Balaban J connectivity index is 2.07. The first-order valence-electron chi connectivity index (χ1n) is 6.50. The number of aromatic hydroxyl groups is 1. The van der Waals surface area contributed by atoms with Gasteiger partial charge >= 0.3 is 0 Å². The van der Waals surface area contributed by atoms with E-state index < -0.39 is 0 Å². The van der Waals surface area contributed by atoms with Gasteiger partial charge in [0, 0.05) is 30.9 Å². The average molecular weight is 232 g/mol. The monoisotopic (exact) mass is 232 g/mol. The van der Waals surface area contributed by atoms with Crippen molar-refractivity contribution in [2.45, 2.75) is 37.8 Å². The number of anilines is 1. The van der Waals surface area contributed by atoms with E-state index in [-0.39, 0.29) is 6.04 Å². The smallest absolute Gasteiger partial charge is 0.117 e. The molecule has 0 bridgehead atoms. The molecule has 3 heteroatoms. The summed E-state index contributed by atoms with van der Waals surface area (Å²) >= 11 is 0. The molecule has 1 aromatic carbocycles. The van der Waals surface area contributed by atoms with Crippen molar-refractivity contribution >= 4 is 5.69 Å². The molecular formula is C14H20N2O.